The monoisotopic (exact) mass is 428 g/mol. The minimum Gasteiger partial charge on any atom is -0.358 e. The summed E-state index contributed by atoms with van der Waals surface area (Å²) in [6.45, 7) is 1.47. The number of halogens is 1. The van der Waals surface area contributed by atoms with Gasteiger partial charge in [0.2, 0.25) is 0 Å². The van der Waals surface area contributed by atoms with Crippen molar-refractivity contribution >= 4 is 11.5 Å². The molecule has 160 valence electrons. The van der Waals surface area contributed by atoms with E-state index in [0.717, 1.165) is 25.9 Å². The van der Waals surface area contributed by atoms with Crippen molar-refractivity contribution in [3.8, 4) is 28.5 Å². The van der Waals surface area contributed by atoms with E-state index in [1.165, 1.54) is 12.1 Å². The number of benzene rings is 1. The molecule has 1 fully saturated rings. The van der Waals surface area contributed by atoms with Crippen LogP contribution in [0.4, 0.5) is 10.2 Å². The molecule has 0 bridgehead atoms. The molecule has 1 aliphatic rings. The van der Waals surface area contributed by atoms with E-state index < -0.39 is 5.82 Å². The third-order valence-electron chi connectivity index (χ3n) is 5.96. The van der Waals surface area contributed by atoms with Gasteiger partial charge in [0.05, 0.1) is 16.8 Å². The fraction of sp³-hybridized carbons (Fsp3) is 0.208. The number of nitrogens with two attached hydrogens (primary N) is 1. The number of pyridine rings is 2. The molecule has 0 radical (unpaired) electrons. The molecule has 1 aliphatic heterocycles. The minimum absolute atomic E-state index is 0.0439. The fourth-order valence-electron chi connectivity index (χ4n) is 4.19. The van der Waals surface area contributed by atoms with Crippen molar-refractivity contribution in [1.29, 1.82) is 5.26 Å². The second-order valence-electron chi connectivity index (χ2n) is 8.01. The number of anilines is 1. The lowest BCUT2D eigenvalue weighted by molar-refractivity contribution is 0.498. The first-order valence-corrected chi connectivity index (χ1v) is 10.4. The third-order valence-corrected chi connectivity index (χ3v) is 5.96. The number of piperidine rings is 1. The molecule has 0 atom stereocenters. The standard InChI is InChI=1S/C24H21FN6O/c25-19-11-16(1-2-17(19)14-26)24-23(15-3-7-31-10-6-28-21(31)12-15)20(32)13-22(29-24)30-8-4-18(27)5-9-30/h1-3,6-7,10-13,18H,4-5,8-9,27H2,(H,29,32). The van der Waals surface area contributed by atoms with Crippen LogP contribution in [0.15, 0.2) is 59.8 Å². The Hall–Kier alpha value is -3.96. The van der Waals surface area contributed by atoms with Crippen LogP contribution in [0.2, 0.25) is 0 Å². The Balaban J connectivity index is 1.70. The molecule has 3 aromatic heterocycles. The number of hydrogen-bond donors (Lipinski definition) is 2. The van der Waals surface area contributed by atoms with Crippen molar-refractivity contribution < 1.29 is 4.39 Å². The lowest BCUT2D eigenvalue weighted by atomic mass is 9.98. The highest BCUT2D eigenvalue weighted by Gasteiger charge is 2.21. The van der Waals surface area contributed by atoms with Gasteiger partial charge >= 0.3 is 0 Å². The highest BCUT2D eigenvalue weighted by molar-refractivity contribution is 5.83. The average Bonchev–Trinajstić information content (AvgIpc) is 3.27. The Bertz CT molecular complexity index is 1410. The maximum atomic E-state index is 14.5. The number of nitrogens with zero attached hydrogens (tertiary/aromatic N) is 4. The van der Waals surface area contributed by atoms with Crippen LogP contribution in [0.25, 0.3) is 28.0 Å². The van der Waals surface area contributed by atoms with Crippen molar-refractivity contribution in [3.05, 3.63) is 76.6 Å². The summed E-state index contributed by atoms with van der Waals surface area (Å²) in [5.74, 6) is 0.0437. The molecule has 0 aliphatic carbocycles. The summed E-state index contributed by atoms with van der Waals surface area (Å²) < 4.78 is 16.3. The second kappa shape index (κ2) is 7.94. The molecule has 8 heteroatoms. The highest BCUT2D eigenvalue weighted by atomic mass is 19.1. The Labute approximate surface area is 183 Å². The zero-order valence-corrected chi connectivity index (χ0v) is 17.3. The topological polar surface area (TPSA) is 103 Å². The zero-order chi connectivity index (χ0) is 22.2. The van der Waals surface area contributed by atoms with Gasteiger partial charge in [-0.25, -0.2) is 9.37 Å². The summed E-state index contributed by atoms with van der Waals surface area (Å²) in [4.78, 5) is 23.1. The van der Waals surface area contributed by atoms with Gasteiger partial charge in [0.1, 0.15) is 23.4 Å². The Kier molecular flexibility index (Phi) is 4.96. The Morgan fingerprint density at radius 3 is 2.69 bits per heavy atom. The van der Waals surface area contributed by atoms with Gasteiger partial charge in [-0.3, -0.25) is 4.79 Å². The molecule has 1 saturated heterocycles. The molecule has 4 heterocycles. The lowest BCUT2D eigenvalue weighted by Gasteiger charge is -2.32. The van der Waals surface area contributed by atoms with Crippen molar-refractivity contribution in [2.45, 2.75) is 18.9 Å². The molecular formula is C24H21FN6O. The number of nitrogens with one attached hydrogen (secondary N) is 1. The minimum atomic E-state index is -0.630. The van der Waals surface area contributed by atoms with E-state index in [4.69, 9.17) is 11.0 Å². The summed E-state index contributed by atoms with van der Waals surface area (Å²) in [5, 5.41) is 9.10. The zero-order valence-electron chi connectivity index (χ0n) is 17.3. The number of imidazole rings is 1. The number of hydrogen-bond acceptors (Lipinski definition) is 5. The second-order valence-corrected chi connectivity index (χ2v) is 8.01. The molecule has 0 spiro atoms. The number of aromatic amines is 1. The quantitative estimate of drug-likeness (QED) is 0.521. The lowest BCUT2D eigenvalue weighted by Crippen LogP contribution is -2.40. The van der Waals surface area contributed by atoms with Crippen LogP contribution in [-0.2, 0) is 0 Å². The van der Waals surface area contributed by atoms with Crippen LogP contribution in [0.1, 0.15) is 18.4 Å². The van der Waals surface area contributed by atoms with Crippen molar-refractivity contribution in [1.82, 2.24) is 14.4 Å². The summed E-state index contributed by atoms with van der Waals surface area (Å²) in [6, 6.07) is 11.6. The van der Waals surface area contributed by atoms with E-state index in [9.17, 15) is 9.18 Å². The van der Waals surface area contributed by atoms with Crippen LogP contribution in [0, 0.1) is 17.1 Å². The molecule has 0 saturated carbocycles. The third kappa shape index (κ3) is 3.53. The maximum Gasteiger partial charge on any atom is 0.192 e. The summed E-state index contributed by atoms with van der Waals surface area (Å²) in [5.41, 5.74) is 8.61. The van der Waals surface area contributed by atoms with Gasteiger partial charge in [0.15, 0.2) is 5.43 Å². The molecular weight excluding hydrogens is 407 g/mol. The first-order chi connectivity index (χ1) is 15.5. The number of H-pyrrole nitrogens is 1. The van der Waals surface area contributed by atoms with Gasteiger partial charge in [0, 0.05) is 49.4 Å². The molecule has 7 nitrogen and oxygen atoms in total. The Morgan fingerprint density at radius 2 is 1.94 bits per heavy atom. The average molecular weight is 428 g/mol. The van der Waals surface area contributed by atoms with Gasteiger partial charge in [-0.05, 0) is 42.7 Å². The van der Waals surface area contributed by atoms with E-state index >= 15 is 0 Å². The van der Waals surface area contributed by atoms with Crippen LogP contribution < -0.4 is 16.1 Å². The largest absolute Gasteiger partial charge is 0.358 e. The van der Waals surface area contributed by atoms with Crippen LogP contribution in [0.5, 0.6) is 0 Å². The smallest absolute Gasteiger partial charge is 0.192 e. The number of rotatable bonds is 3. The molecule has 3 N–H and O–H groups in total. The van der Waals surface area contributed by atoms with E-state index in [-0.39, 0.29) is 17.0 Å². The Morgan fingerprint density at radius 1 is 1.12 bits per heavy atom. The van der Waals surface area contributed by atoms with E-state index in [0.29, 0.717) is 33.8 Å². The van der Waals surface area contributed by atoms with Crippen molar-refractivity contribution in [3.63, 3.8) is 0 Å². The first-order valence-electron chi connectivity index (χ1n) is 10.4. The van der Waals surface area contributed by atoms with Crippen LogP contribution in [-0.4, -0.2) is 33.5 Å². The van der Waals surface area contributed by atoms with Crippen LogP contribution >= 0.6 is 0 Å². The van der Waals surface area contributed by atoms with E-state index in [2.05, 4.69) is 14.9 Å². The molecule has 1 aromatic carbocycles. The molecule has 0 amide bonds. The fourth-order valence-corrected chi connectivity index (χ4v) is 4.19. The van der Waals surface area contributed by atoms with Crippen molar-refractivity contribution in [2.75, 3.05) is 18.0 Å². The normalized spacial score (nSPS) is 14.6. The summed E-state index contributed by atoms with van der Waals surface area (Å²) >= 11 is 0. The molecule has 4 aromatic rings. The number of fused-ring (bicyclic) bond motifs is 1. The van der Waals surface area contributed by atoms with Gasteiger partial charge in [0.25, 0.3) is 0 Å². The van der Waals surface area contributed by atoms with Crippen LogP contribution in [0.3, 0.4) is 0 Å². The highest BCUT2D eigenvalue weighted by Crippen LogP contribution is 2.32. The number of nitriles is 1. The summed E-state index contributed by atoms with van der Waals surface area (Å²) in [6.07, 6.45) is 7.01. The van der Waals surface area contributed by atoms with Gasteiger partial charge < -0.3 is 20.0 Å². The van der Waals surface area contributed by atoms with E-state index in [1.54, 1.807) is 18.3 Å². The number of aromatic nitrogens is 3. The van der Waals surface area contributed by atoms with Crippen molar-refractivity contribution in [2.24, 2.45) is 5.73 Å². The SMILES string of the molecule is N#Cc1ccc(-c2[nH]c(N3CCC(N)CC3)cc(=O)c2-c2ccn3ccnc3c2)cc1F. The molecule has 0 unspecified atom stereocenters. The predicted molar refractivity (Wildman–Crippen MR) is 121 cm³/mol. The predicted octanol–water partition coefficient (Wildman–Crippen LogP) is 3.29. The van der Waals surface area contributed by atoms with Gasteiger partial charge in [-0.15, -0.1) is 0 Å². The molecule has 5 rings (SSSR count). The van der Waals surface area contributed by atoms with E-state index in [1.807, 2.05) is 35.0 Å². The molecule has 32 heavy (non-hydrogen) atoms. The summed E-state index contributed by atoms with van der Waals surface area (Å²) in [7, 11) is 0. The maximum absolute atomic E-state index is 14.5. The first kappa shape index (κ1) is 20.0. The van der Waals surface area contributed by atoms with Gasteiger partial charge in [-0.2, -0.15) is 5.26 Å². The van der Waals surface area contributed by atoms with Gasteiger partial charge in [-0.1, -0.05) is 6.07 Å².